The van der Waals surface area contributed by atoms with E-state index in [1.807, 2.05) is 6.07 Å². The van der Waals surface area contributed by atoms with E-state index in [-0.39, 0.29) is 19.4 Å². The van der Waals surface area contributed by atoms with Crippen LogP contribution >= 0.6 is 0 Å². The predicted octanol–water partition coefficient (Wildman–Crippen LogP) is 1.65. The molecule has 0 amide bonds. The second-order valence-electron chi connectivity index (χ2n) is 3.90. The number of halogens is 1. The van der Waals surface area contributed by atoms with Crippen LogP contribution in [0, 0.1) is 17.1 Å². The van der Waals surface area contributed by atoms with Gasteiger partial charge >= 0.3 is 5.97 Å². The van der Waals surface area contributed by atoms with Gasteiger partial charge in [-0.1, -0.05) is 0 Å². The molecule has 5 nitrogen and oxygen atoms in total. The number of carbonyl (C=O) groups excluding carboxylic acids is 1. The maximum Gasteiger partial charge on any atom is 0.311 e. The van der Waals surface area contributed by atoms with E-state index in [2.05, 4.69) is 4.98 Å². The Morgan fingerprint density at radius 1 is 1.58 bits per heavy atom. The third-order valence-electron chi connectivity index (χ3n) is 2.63. The Morgan fingerprint density at radius 2 is 2.37 bits per heavy atom. The number of imidazole rings is 1. The zero-order valence-electron chi connectivity index (χ0n) is 10.4. The minimum absolute atomic E-state index is 0.0197. The highest BCUT2D eigenvalue weighted by molar-refractivity contribution is 5.72. The van der Waals surface area contributed by atoms with Crippen molar-refractivity contribution in [2.45, 2.75) is 19.8 Å². The Kier molecular flexibility index (Phi) is 3.76. The second kappa shape index (κ2) is 5.48. The summed E-state index contributed by atoms with van der Waals surface area (Å²) in [6, 6.07) is 4.78. The highest BCUT2D eigenvalue weighted by Crippen LogP contribution is 2.15. The van der Waals surface area contributed by atoms with Crippen molar-refractivity contribution in [1.29, 1.82) is 5.26 Å². The summed E-state index contributed by atoms with van der Waals surface area (Å²) in [6.07, 6.45) is 1.29. The Hall–Kier alpha value is -2.42. The van der Waals surface area contributed by atoms with E-state index < -0.39 is 11.8 Å². The van der Waals surface area contributed by atoms with Crippen LogP contribution in [-0.4, -0.2) is 22.0 Å². The van der Waals surface area contributed by atoms with E-state index in [4.69, 9.17) is 10.00 Å². The largest absolute Gasteiger partial charge is 0.466 e. The first-order chi connectivity index (χ1) is 9.15. The molecule has 0 aliphatic rings. The number of pyridine rings is 1. The van der Waals surface area contributed by atoms with Crippen molar-refractivity contribution in [2.24, 2.45) is 0 Å². The van der Waals surface area contributed by atoms with Crippen LogP contribution < -0.4 is 0 Å². The first-order valence-corrected chi connectivity index (χ1v) is 5.83. The lowest BCUT2D eigenvalue weighted by Gasteiger charge is -2.01. The van der Waals surface area contributed by atoms with Gasteiger partial charge in [-0.25, -0.2) is 9.37 Å². The van der Waals surface area contributed by atoms with Crippen molar-refractivity contribution in [3.8, 4) is 6.07 Å². The standard InChI is InChI=1S/C13H12FN3O2/c1-2-19-13(18)7-10-11(5-6-15)17-8-9(14)3-4-12(17)16-10/h3-4,8H,2,5,7H2,1H3. The molecule has 0 fully saturated rings. The predicted molar refractivity (Wildman–Crippen MR) is 64.8 cm³/mol. The van der Waals surface area contributed by atoms with Crippen molar-refractivity contribution in [1.82, 2.24) is 9.38 Å². The molecule has 2 aromatic heterocycles. The third-order valence-corrected chi connectivity index (χ3v) is 2.63. The fraction of sp³-hybridized carbons (Fsp3) is 0.308. The van der Waals surface area contributed by atoms with Crippen LogP contribution in [0.1, 0.15) is 18.3 Å². The van der Waals surface area contributed by atoms with E-state index in [0.717, 1.165) is 0 Å². The summed E-state index contributed by atoms with van der Waals surface area (Å²) < 4.78 is 19.6. The average molecular weight is 261 g/mol. The van der Waals surface area contributed by atoms with E-state index in [0.29, 0.717) is 17.0 Å². The van der Waals surface area contributed by atoms with Crippen molar-refractivity contribution < 1.29 is 13.9 Å². The van der Waals surface area contributed by atoms with Crippen LogP contribution in [0.3, 0.4) is 0 Å². The Morgan fingerprint density at radius 3 is 3.05 bits per heavy atom. The van der Waals surface area contributed by atoms with Crippen LogP contribution in [0.25, 0.3) is 5.65 Å². The molecular formula is C13H12FN3O2. The van der Waals surface area contributed by atoms with Gasteiger partial charge < -0.3 is 4.74 Å². The number of nitrogens with zero attached hydrogens (tertiary/aromatic N) is 3. The molecule has 0 spiro atoms. The molecule has 19 heavy (non-hydrogen) atoms. The number of aromatic nitrogens is 2. The second-order valence-corrected chi connectivity index (χ2v) is 3.90. The molecule has 0 bridgehead atoms. The molecule has 2 heterocycles. The monoisotopic (exact) mass is 261 g/mol. The maximum atomic E-state index is 13.2. The third kappa shape index (κ3) is 2.71. The summed E-state index contributed by atoms with van der Waals surface area (Å²) >= 11 is 0. The van der Waals surface area contributed by atoms with Crippen molar-refractivity contribution >= 4 is 11.6 Å². The number of hydrogen-bond acceptors (Lipinski definition) is 4. The molecule has 0 saturated carbocycles. The number of ether oxygens (including phenoxy) is 1. The molecule has 0 atom stereocenters. The molecule has 0 aliphatic carbocycles. The summed E-state index contributed by atoms with van der Waals surface area (Å²) in [5.41, 5.74) is 1.47. The van der Waals surface area contributed by atoms with Gasteiger partial charge in [0, 0.05) is 6.20 Å². The summed E-state index contributed by atoms with van der Waals surface area (Å²) in [6.45, 7) is 2.00. The molecule has 2 rings (SSSR count). The van der Waals surface area contributed by atoms with Gasteiger partial charge in [0.05, 0.1) is 36.9 Å². The van der Waals surface area contributed by atoms with Gasteiger partial charge in [-0.2, -0.15) is 5.26 Å². The first kappa shape index (κ1) is 13.0. The van der Waals surface area contributed by atoms with Gasteiger partial charge in [0.1, 0.15) is 11.5 Å². The lowest BCUT2D eigenvalue weighted by molar-refractivity contribution is -0.142. The molecule has 6 heteroatoms. The molecule has 0 saturated heterocycles. The zero-order chi connectivity index (χ0) is 13.8. The molecule has 0 aliphatic heterocycles. The van der Waals surface area contributed by atoms with Crippen LogP contribution in [0.5, 0.6) is 0 Å². The maximum absolute atomic E-state index is 13.2. The molecule has 0 radical (unpaired) electrons. The van der Waals surface area contributed by atoms with Crippen LogP contribution in [0.4, 0.5) is 4.39 Å². The summed E-state index contributed by atoms with van der Waals surface area (Å²) in [4.78, 5) is 15.7. The SMILES string of the molecule is CCOC(=O)Cc1nc2ccc(F)cn2c1CC#N. The normalized spacial score (nSPS) is 10.4. The Balaban J connectivity index is 2.45. The summed E-state index contributed by atoms with van der Waals surface area (Å²) in [7, 11) is 0. The number of nitriles is 1. The highest BCUT2D eigenvalue weighted by Gasteiger charge is 2.16. The Bertz CT molecular complexity index is 658. The fourth-order valence-electron chi connectivity index (χ4n) is 1.87. The van der Waals surface area contributed by atoms with Crippen molar-refractivity contribution in [2.75, 3.05) is 6.61 Å². The molecular weight excluding hydrogens is 249 g/mol. The smallest absolute Gasteiger partial charge is 0.311 e. The van der Waals surface area contributed by atoms with Gasteiger partial charge in [-0.3, -0.25) is 9.20 Å². The fourth-order valence-corrected chi connectivity index (χ4v) is 1.87. The number of hydrogen-bond donors (Lipinski definition) is 0. The summed E-state index contributed by atoms with van der Waals surface area (Å²) in [5.74, 6) is -0.836. The summed E-state index contributed by atoms with van der Waals surface area (Å²) in [5, 5.41) is 8.83. The topological polar surface area (TPSA) is 67.4 Å². The van der Waals surface area contributed by atoms with E-state index in [1.165, 1.54) is 22.7 Å². The van der Waals surface area contributed by atoms with Crippen LogP contribution in [-0.2, 0) is 22.4 Å². The highest BCUT2D eigenvalue weighted by atomic mass is 19.1. The van der Waals surface area contributed by atoms with E-state index in [1.54, 1.807) is 6.92 Å². The van der Waals surface area contributed by atoms with Gasteiger partial charge in [0.15, 0.2) is 0 Å². The molecule has 0 N–H and O–H groups in total. The van der Waals surface area contributed by atoms with Crippen molar-refractivity contribution in [3.05, 3.63) is 35.5 Å². The lowest BCUT2D eigenvalue weighted by atomic mass is 10.2. The number of rotatable bonds is 4. The molecule has 2 aromatic rings. The number of fused-ring (bicyclic) bond motifs is 1. The average Bonchev–Trinajstić information content (AvgIpc) is 2.68. The van der Waals surface area contributed by atoms with E-state index in [9.17, 15) is 9.18 Å². The molecule has 98 valence electrons. The first-order valence-electron chi connectivity index (χ1n) is 5.83. The van der Waals surface area contributed by atoms with Crippen LogP contribution in [0.2, 0.25) is 0 Å². The quantitative estimate of drug-likeness (QED) is 0.785. The van der Waals surface area contributed by atoms with Gasteiger partial charge in [0.2, 0.25) is 0 Å². The van der Waals surface area contributed by atoms with Gasteiger partial charge in [0.25, 0.3) is 0 Å². The Labute approximate surface area is 109 Å². The minimum Gasteiger partial charge on any atom is -0.466 e. The minimum atomic E-state index is -0.424. The van der Waals surface area contributed by atoms with Gasteiger partial charge in [-0.15, -0.1) is 0 Å². The van der Waals surface area contributed by atoms with Crippen molar-refractivity contribution in [3.63, 3.8) is 0 Å². The molecule has 0 unspecified atom stereocenters. The van der Waals surface area contributed by atoms with Crippen LogP contribution in [0.15, 0.2) is 18.3 Å². The lowest BCUT2D eigenvalue weighted by Crippen LogP contribution is -2.09. The number of esters is 1. The molecule has 0 aromatic carbocycles. The number of carbonyl (C=O) groups is 1. The van der Waals surface area contributed by atoms with Gasteiger partial charge in [-0.05, 0) is 19.1 Å². The van der Waals surface area contributed by atoms with E-state index >= 15 is 0 Å². The zero-order valence-corrected chi connectivity index (χ0v) is 10.4.